The van der Waals surface area contributed by atoms with Crippen LogP contribution in [0.2, 0.25) is 0 Å². The van der Waals surface area contributed by atoms with E-state index < -0.39 is 0 Å². The van der Waals surface area contributed by atoms with E-state index in [2.05, 4.69) is 149 Å². The zero-order chi connectivity index (χ0) is 22.6. The standard InChI is InChI=1S/C30H27IN2/c1-2-11-25-16-9-17-26(23-12-5-3-6-13-23)29(25)32-20-21-33(22-32)30-27(18-10-19-28(30)31)24-14-7-4-8-15-24/h3-10,12-21H,2,11,22H2,1H3. The first kappa shape index (κ1) is 21.8. The second kappa shape index (κ2) is 9.84. The van der Waals surface area contributed by atoms with Crippen LogP contribution in [0.3, 0.4) is 0 Å². The highest BCUT2D eigenvalue weighted by Crippen LogP contribution is 2.40. The molecule has 3 heteroatoms. The molecule has 0 amide bonds. The third kappa shape index (κ3) is 4.42. The van der Waals surface area contributed by atoms with Gasteiger partial charge in [0, 0.05) is 27.1 Å². The number of rotatable bonds is 6. The lowest BCUT2D eigenvalue weighted by Gasteiger charge is -2.28. The van der Waals surface area contributed by atoms with Crippen LogP contribution in [0.25, 0.3) is 22.3 Å². The summed E-state index contributed by atoms with van der Waals surface area (Å²) in [4.78, 5) is 4.78. The van der Waals surface area contributed by atoms with Crippen molar-refractivity contribution in [3.63, 3.8) is 0 Å². The van der Waals surface area contributed by atoms with Gasteiger partial charge in [0.25, 0.3) is 0 Å². The van der Waals surface area contributed by atoms with Gasteiger partial charge in [-0.3, -0.25) is 0 Å². The number of para-hydroxylation sites is 2. The molecule has 0 saturated carbocycles. The van der Waals surface area contributed by atoms with Crippen molar-refractivity contribution in [1.29, 1.82) is 0 Å². The van der Waals surface area contributed by atoms with E-state index in [1.807, 2.05) is 0 Å². The van der Waals surface area contributed by atoms with Crippen molar-refractivity contribution in [3.8, 4) is 22.3 Å². The Kier molecular flexibility index (Phi) is 6.49. The van der Waals surface area contributed by atoms with E-state index >= 15 is 0 Å². The maximum atomic E-state index is 2.47. The van der Waals surface area contributed by atoms with Crippen LogP contribution in [-0.4, -0.2) is 6.67 Å². The molecule has 0 radical (unpaired) electrons. The first-order chi connectivity index (χ1) is 16.3. The molecule has 164 valence electrons. The third-order valence-corrected chi connectivity index (χ3v) is 6.97. The Balaban J connectivity index is 1.55. The van der Waals surface area contributed by atoms with Crippen LogP contribution in [0.5, 0.6) is 0 Å². The molecule has 0 N–H and O–H groups in total. The molecule has 2 nitrogen and oxygen atoms in total. The summed E-state index contributed by atoms with van der Waals surface area (Å²) in [5.41, 5.74) is 9.04. The van der Waals surface area contributed by atoms with E-state index in [4.69, 9.17) is 0 Å². The second-order valence-electron chi connectivity index (χ2n) is 8.31. The maximum absolute atomic E-state index is 2.47. The van der Waals surface area contributed by atoms with Gasteiger partial charge in [0.05, 0.1) is 18.0 Å². The quantitative estimate of drug-likeness (QED) is 0.226. The summed E-state index contributed by atoms with van der Waals surface area (Å²) in [5.74, 6) is 0. The van der Waals surface area contributed by atoms with Gasteiger partial charge in [0.15, 0.2) is 0 Å². The highest BCUT2D eigenvalue weighted by atomic mass is 127. The van der Waals surface area contributed by atoms with E-state index in [-0.39, 0.29) is 0 Å². The first-order valence-corrected chi connectivity index (χ1v) is 12.6. The molecule has 0 spiro atoms. The highest BCUT2D eigenvalue weighted by Gasteiger charge is 2.24. The van der Waals surface area contributed by atoms with Crippen LogP contribution >= 0.6 is 22.6 Å². The lowest BCUT2D eigenvalue weighted by Crippen LogP contribution is -2.26. The van der Waals surface area contributed by atoms with Crippen molar-refractivity contribution in [3.05, 3.63) is 119 Å². The van der Waals surface area contributed by atoms with Gasteiger partial charge in [-0.15, -0.1) is 0 Å². The van der Waals surface area contributed by atoms with E-state index in [0.29, 0.717) is 0 Å². The number of hydrogen-bond donors (Lipinski definition) is 0. The molecule has 1 aliphatic heterocycles. The molecule has 1 heterocycles. The van der Waals surface area contributed by atoms with Gasteiger partial charge in [-0.05, 0) is 51.8 Å². The molecule has 1 aliphatic rings. The zero-order valence-corrected chi connectivity index (χ0v) is 20.9. The Labute approximate surface area is 210 Å². The predicted octanol–water partition coefficient (Wildman–Crippen LogP) is 8.33. The Bertz CT molecular complexity index is 1270. The van der Waals surface area contributed by atoms with Gasteiger partial charge < -0.3 is 9.80 Å². The van der Waals surface area contributed by atoms with Crippen molar-refractivity contribution < 1.29 is 0 Å². The van der Waals surface area contributed by atoms with Gasteiger partial charge in [-0.1, -0.05) is 104 Å². The van der Waals surface area contributed by atoms with Crippen molar-refractivity contribution >= 4 is 34.0 Å². The number of halogens is 1. The monoisotopic (exact) mass is 542 g/mol. The van der Waals surface area contributed by atoms with E-state index in [1.165, 1.54) is 42.8 Å². The van der Waals surface area contributed by atoms with Crippen molar-refractivity contribution in [2.24, 2.45) is 0 Å². The molecule has 0 fully saturated rings. The Morgan fingerprint density at radius 3 is 1.79 bits per heavy atom. The highest BCUT2D eigenvalue weighted by molar-refractivity contribution is 14.1. The van der Waals surface area contributed by atoms with Crippen molar-refractivity contribution in [1.82, 2.24) is 0 Å². The molecule has 0 unspecified atom stereocenters. The smallest absolute Gasteiger partial charge is 0.0990 e. The normalized spacial score (nSPS) is 13.0. The average Bonchev–Trinajstić information content (AvgIpc) is 3.34. The fraction of sp³-hybridized carbons (Fsp3) is 0.133. The topological polar surface area (TPSA) is 6.48 Å². The summed E-state index contributed by atoms with van der Waals surface area (Å²) in [6, 6.07) is 34.7. The maximum Gasteiger partial charge on any atom is 0.0990 e. The lowest BCUT2D eigenvalue weighted by atomic mass is 9.97. The minimum atomic E-state index is 0.792. The molecule has 4 aromatic carbocycles. The number of benzene rings is 4. The average molecular weight is 542 g/mol. The molecule has 4 aromatic rings. The summed E-state index contributed by atoms with van der Waals surface area (Å²) >= 11 is 2.47. The molecular weight excluding hydrogens is 515 g/mol. The van der Waals surface area contributed by atoms with Crippen LogP contribution in [0.4, 0.5) is 11.4 Å². The van der Waals surface area contributed by atoms with Gasteiger partial charge in [-0.25, -0.2) is 0 Å². The van der Waals surface area contributed by atoms with Gasteiger partial charge >= 0.3 is 0 Å². The molecule has 0 atom stereocenters. The third-order valence-electron chi connectivity index (χ3n) is 6.10. The number of nitrogens with zero attached hydrogens (tertiary/aromatic N) is 2. The lowest BCUT2D eigenvalue weighted by molar-refractivity contribution is 0.902. The van der Waals surface area contributed by atoms with E-state index in [9.17, 15) is 0 Å². The summed E-state index contributed by atoms with van der Waals surface area (Å²) in [5, 5.41) is 0. The Hall–Kier alpha value is -3.05. The second-order valence-corrected chi connectivity index (χ2v) is 9.47. The summed E-state index contributed by atoms with van der Waals surface area (Å²) in [6.45, 7) is 3.05. The number of aryl methyl sites for hydroxylation is 1. The minimum absolute atomic E-state index is 0.792. The van der Waals surface area contributed by atoms with Crippen LogP contribution in [0.15, 0.2) is 109 Å². The molecule has 5 rings (SSSR count). The zero-order valence-electron chi connectivity index (χ0n) is 18.8. The van der Waals surface area contributed by atoms with Crippen molar-refractivity contribution in [2.45, 2.75) is 19.8 Å². The van der Waals surface area contributed by atoms with Gasteiger partial charge in [-0.2, -0.15) is 0 Å². The molecular formula is C30H27IN2. The largest absolute Gasteiger partial charge is 0.327 e. The molecule has 0 aliphatic carbocycles. The molecule has 0 aromatic heterocycles. The van der Waals surface area contributed by atoms with Gasteiger partial charge in [0.1, 0.15) is 0 Å². The summed E-state index contributed by atoms with van der Waals surface area (Å²) in [7, 11) is 0. The Morgan fingerprint density at radius 1 is 0.636 bits per heavy atom. The molecule has 33 heavy (non-hydrogen) atoms. The first-order valence-electron chi connectivity index (χ1n) is 11.5. The molecule has 0 bridgehead atoms. The molecule has 0 saturated heterocycles. The Morgan fingerprint density at radius 2 is 1.18 bits per heavy atom. The van der Waals surface area contributed by atoms with Crippen LogP contribution in [-0.2, 0) is 6.42 Å². The van der Waals surface area contributed by atoms with Crippen LogP contribution in [0.1, 0.15) is 18.9 Å². The van der Waals surface area contributed by atoms with E-state index in [0.717, 1.165) is 19.5 Å². The number of anilines is 2. The summed E-state index contributed by atoms with van der Waals surface area (Å²) < 4.78 is 1.26. The SMILES string of the molecule is CCCc1cccc(-c2ccccc2)c1N1C=CN(c2c(I)cccc2-c2ccccc2)C1. The van der Waals surface area contributed by atoms with Gasteiger partial charge in [0.2, 0.25) is 0 Å². The fourth-order valence-electron chi connectivity index (χ4n) is 4.62. The number of hydrogen-bond acceptors (Lipinski definition) is 2. The fourth-order valence-corrected chi connectivity index (χ4v) is 5.43. The predicted molar refractivity (Wildman–Crippen MR) is 149 cm³/mol. The summed E-state index contributed by atoms with van der Waals surface area (Å²) in [6.07, 6.45) is 6.65. The van der Waals surface area contributed by atoms with E-state index in [1.54, 1.807) is 0 Å². The van der Waals surface area contributed by atoms with Crippen LogP contribution in [0, 0.1) is 3.57 Å². The van der Waals surface area contributed by atoms with Crippen molar-refractivity contribution in [2.75, 3.05) is 16.5 Å². The van der Waals surface area contributed by atoms with Crippen LogP contribution < -0.4 is 9.80 Å². The minimum Gasteiger partial charge on any atom is -0.327 e.